The number of para-hydroxylation sites is 1. The van der Waals surface area contributed by atoms with Crippen molar-refractivity contribution in [3.05, 3.63) is 214 Å². The van der Waals surface area contributed by atoms with Crippen LogP contribution in [0.1, 0.15) is 62.1 Å². The molecule has 1 aromatic heterocycles. The lowest BCUT2D eigenvalue weighted by Gasteiger charge is -2.34. The molecule has 54 heavy (non-hydrogen) atoms. The van der Waals surface area contributed by atoms with Gasteiger partial charge in [-0.3, -0.25) is 4.98 Å². The highest BCUT2D eigenvalue weighted by Crippen LogP contribution is 2.36. The Balaban J connectivity index is 0.00000157. The standard InChI is InChI=1S/C48H44N2.C2H6.C2H2/c1-5-8-16-39-17-12-13-21-47(39)48(41-26-23-37(24-27-41)25-30-42-18-14-15-34-49-42)46(7-3)40-28-32-44(33-29-40)50(43-19-10-9-11-20-43)45-31-22-36(4)38(6-2)35-45;2*1-2/h5-32,34-35,44H,2,33H2,1,3-4H3;1-2H3;1-2H/b8-5+,30-25+,39-16-,46-7+,48-47-;;. The molecule has 6 rings (SSSR count). The second-order valence-corrected chi connectivity index (χ2v) is 12.3. The number of aromatic nitrogens is 1. The molecule has 0 spiro atoms. The van der Waals surface area contributed by atoms with Crippen LogP contribution in [0.4, 0.5) is 11.4 Å². The van der Waals surface area contributed by atoms with E-state index in [9.17, 15) is 0 Å². The molecule has 0 saturated heterocycles. The van der Waals surface area contributed by atoms with Crippen molar-refractivity contribution >= 4 is 41.3 Å². The van der Waals surface area contributed by atoms with E-state index in [0.717, 1.165) is 28.9 Å². The summed E-state index contributed by atoms with van der Waals surface area (Å²) in [6.45, 7) is 14.4. The Morgan fingerprint density at radius 3 is 2.19 bits per heavy atom. The third-order valence-corrected chi connectivity index (χ3v) is 9.11. The van der Waals surface area contributed by atoms with E-state index in [2.05, 4.69) is 202 Å². The molecule has 1 aliphatic rings. The third-order valence-electron chi connectivity index (χ3n) is 9.11. The SMILES string of the molecule is C#C.C=Cc1cc(N(c2ccccc2)C2C=CC(C(=C\C)/C(c3ccc(/C=C/c4ccccn4)cc3)=c3/cccc/c3=C/C=C/C)=CC2)ccc1C.CC. The molecule has 5 aromatic rings. The number of hydrogen-bond acceptors (Lipinski definition) is 2. The highest BCUT2D eigenvalue weighted by atomic mass is 15.2. The summed E-state index contributed by atoms with van der Waals surface area (Å²) in [6.07, 6.45) is 32.5. The highest BCUT2D eigenvalue weighted by molar-refractivity contribution is 5.85. The third kappa shape index (κ3) is 10.1. The van der Waals surface area contributed by atoms with Crippen LogP contribution in [0.15, 0.2) is 176 Å². The summed E-state index contributed by atoms with van der Waals surface area (Å²) in [5.41, 5.74) is 11.6. The monoisotopic (exact) mass is 704 g/mol. The van der Waals surface area contributed by atoms with Gasteiger partial charge in [-0.15, -0.1) is 12.8 Å². The Bertz CT molecular complexity index is 2260. The molecular formula is C52H52N2. The minimum absolute atomic E-state index is 0.156. The van der Waals surface area contributed by atoms with Crippen molar-refractivity contribution in [1.82, 2.24) is 4.98 Å². The van der Waals surface area contributed by atoms with Crippen molar-refractivity contribution in [2.45, 2.75) is 47.1 Å². The molecule has 4 aromatic carbocycles. The molecule has 0 saturated carbocycles. The van der Waals surface area contributed by atoms with Crippen LogP contribution in [0, 0.1) is 19.8 Å². The fourth-order valence-electron chi connectivity index (χ4n) is 6.52. The Morgan fingerprint density at radius 1 is 0.815 bits per heavy atom. The molecule has 2 heteroatoms. The summed E-state index contributed by atoms with van der Waals surface area (Å²) < 4.78 is 0. The van der Waals surface area contributed by atoms with Crippen LogP contribution in [0.25, 0.3) is 29.9 Å². The van der Waals surface area contributed by atoms with Gasteiger partial charge in [-0.25, -0.2) is 0 Å². The molecule has 2 nitrogen and oxygen atoms in total. The molecule has 1 unspecified atom stereocenters. The molecule has 1 aliphatic carbocycles. The van der Waals surface area contributed by atoms with Crippen LogP contribution in [-0.2, 0) is 0 Å². The van der Waals surface area contributed by atoms with E-state index >= 15 is 0 Å². The Labute approximate surface area is 324 Å². The van der Waals surface area contributed by atoms with Gasteiger partial charge in [0.1, 0.15) is 0 Å². The van der Waals surface area contributed by atoms with Crippen molar-refractivity contribution < 1.29 is 0 Å². The van der Waals surface area contributed by atoms with Crippen molar-refractivity contribution in [2.75, 3.05) is 4.90 Å². The molecule has 0 amide bonds. The van der Waals surface area contributed by atoms with Gasteiger partial charge >= 0.3 is 0 Å². The van der Waals surface area contributed by atoms with Crippen molar-refractivity contribution in [1.29, 1.82) is 0 Å². The van der Waals surface area contributed by atoms with Crippen molar-refractivity contribution in [2.24, 2.45) is 0 Å². The van der Waals surface area contributed by atoms with E-state index in [1.54, 1.807) is 0 Å². The van der Waals surface area contributed by atoms with Crippen LogP contribution in [0.3, 0.4) is 0 Å². The molecule has 0 fully saturated rings. The predicted octanol–water partition coefficient (Wildman–Crippen LogP) is 12.1. The van der Waals surface area contributed by atoms with Crippen LogP contribution in [0.2, 0.25) is 0 Å². The quantitative estimate of drug-likeness (QED) is 0.135. The van der Waals surface area contributed by atoms with Crippen LogP contribution in [-0.4, -0.2) is 11.0 Å². The smallest absolute Gasteiger partial charge is 0.0629 e. The van der Waals surface area contributed by atoms with Crippen LogP contribution < -0.4 is 15.3 Å². The molecule has 0 radical (unpaired) electrons. The van der Waals surface area contributed by atoms with Gasteiger partial charge in [-0.05, 0) is 119 Å². The van der Waals surface area contributed by atoms with Gasteiger partial charge in [0, 0.05) is 17.6 Å². The lowest BCUT2D eigenvalue weighted by molar-refractivity contribution is 0.780. The second kappa shape index (κ2) is 21.2. The molecular weight excluding hydrogens is 653 g/mol. The maximum atomic E-state index is 4.43. The number of benzene rings is 4. The van der Waals surface area contributed by atoms with Gasteiger partial charge in [0.25, 0.3) is 0 Å². The minimum Gasteiger partial charge on any atom is -0.334 e. The van der Waals surface area contributed by atoms with E-state index in [-0.39, 0.29) is 6.04 Å². The maximum absolute atomic E-state index is 4.43. The lowest BCUT2D eigenvalue weighted by Crippen LogP contribution is -2.31. The van der Waals surface area contributed by atoms with E-state index in [4.69, 9.17) is 0 Å². The zero-order chi connectivity index (χ0) is 38.7. The van der Waals surface area contributed by atoms with Gasteiger partial charge in [0.05, 0.1) is 11.7 Å². The van der Waals surface area contributed by atoms with E-state index in [1.807, 2.05) is 44.3 Å². The van der Waals surface area contributed by atoms with Crippen molar-refractivity contribution in [3.8, 4) is 12.8 Å². The molecule has 1 heterocycles. The first-order valence-corrected chi connectivity index (χ1v) is 18.7. The molecule has 270 valence electrons. The molecule has 0 bridgehead atoms. The number of rotatable bonds is 10. The van der Waals surface area contributed by atoms with E-state index < -0.39 is 0 Å². The topological polar surface area (TPSA) is 16.1 Å². The van der Waals surface area contributed by atoms with Gasteiger partial charge in [-0.2, -0.15) is 0 Å². The number of hydrogen-bond donors (Lipinski definition) is 0. The zero-order valence-electron chi connectivity index (χ0n) is 32.4. The second-order valence-electron chi connectivity index (χ2n) is 12.3. The largest absolute Gasteiger partial charge is 0.334 e. The number of anilines is 2. The maximum Gasteiger partial charge on any atom is 0.0629 e. The average molecular weight is 705 g/mol. The van der Waals surface area contributed by atoms with Gasteiger partial charge in [-0.1, -0.05) is 154 Å². The number of terminal acetylenes is 1. The first-order valence-electron chi connectivity index (χ1n) is 18.7. The normalized spacial score (nSPS) is 14.7. The fraction of sp³-hybridized carbons (Fsp3) is 0.135. The zero-order valence-corrected chi connectivity index (χ0v) is 32.4. The summed E-state index contributed by atoms with van der Waals surface area (Å²) in [5.74, 6) is 0. The number of aryl methyl sites for hydroxylation is 1. The Hall–Kier alpha value is -6.43. The summed E-state index contributed by atoms with van der Waals surface area (Å²) in [6, 6.07) is 41.0. The number of pyridine rings is 1. The van der Waals surface area contributed by atoms with E-state index in [1.165, 1.54) is 44.0 Å². The summed E-state index contributed by atoms with van der Waals surface area (Å²) in [4.78, 5) is 6.87. The lowest BCUT2D eigenvalue weighted by atomic mass is 9.86. The highest BCUT2D eigenvalue weighted by Gasteiger charge is 2.22. The summed E-state index contributed by atoms with van der Waals surface area (Å²) >= 11 is 0. The Kier molecular flexibility index (Phi) is 15.8. The number of nitrogens with zero attached hydrogens (tertiary/aromatic N) is 2. The van der Waals surface area contributed by atoms with Crippen LogP contribution >= 0.6 is 0 Å². The minimum atomic E-state index is 0.156. The first kappa shape index (κ1) is 40.3. The number of allylic oxidation sites excluding steroid dienone is 6. The van der Waals surface area contributed by atoms with Gasteiger partial charge < -0.3 is 4.90 Å². The molecule has 1 atom stereocenters. The first-order chi connectivity index (χ1) is 26.6. The summed E-state index contributed by atoms with van der Waals surface area (Å²) in [7, 11) is 0. The Morgan fingerprint density at radius 2 is 1.54 bits per heavy atom. The van der Waals surface area contributed by atoms with E-state index in [0.29, 0.717) is 0 Å². The summed E-state index contributed by atoms with van der Waals surface area (Å²) in [5, 5.41) is 2.39. The molecule has 0 N–H and O–H groups in total. The van der Waals surface area contributed by atoms with Gasteiger partial charge in [0.2, 0.25) is 0 Å². The fourth-order valence-corrected chi connectivity index (χ4v) is 6.52. The van der Waals surface area contributed by atoms with Crippen LogP contribution in [0.5, 0.6) is 0 Å². The molecule has 0 aliphatic heterocycles. The van der Waals surface area contributed by atoms with Gasteiger partial charge in [0.15, 0.2) is 0 Å². The average Bonchev–Trinajstić information content (AvgIpc) is 3.25. The van der Waals surface area contributed by atoms with Crippen molar-refractivity contribution in [3.63, 3.8) is 0 Å². The predicted molar refractivity (Wildman–Crippen MR) is 238 cm³/mol.